The maximum Gasteiger partial charge on any atom is 0.0166 e. The Kier molecular flexibility index (Phi) is 4.46. The molecule has 0 radical (unpaired) electrons. The Morgan fingerprint density at radius 3 is 2.85 bits per heavy atom. The van der Waals surface area contributed by atoms with Crippen molar-refractivity contribution in [2.24, 2.45) is 5.73 Å². The van der Waals surface area contributed by atoms with Crippen molar-refractivity contribution >= 4 is 0 Å². The Morgan fingerprint density at radius 1 is 1.46 bits per heavy atom. The Labute approximate surface area is 81.8 Å². The van der Waals surface area contributed by atoms with Crippen LogP contribution >= 0.6 is 0 Å². The first-order chi connectivity index (χ1) is 6.24. The Balaban J connectivity index is 2.29. The van der Waals surface area contributed by atoms with Crippen LogP contribution in [0.5, 0.6) is 0 Å². The Bertz CT molecular complexity index is 165. The second-order valence-corrected chi connectivity index (χ2v) is 4.01. The van der Waals surface area contributed by atoms with Gasteiger partial charge < -0.3 is 5.73 Å². The molecule has 2 heteroatoms. The van der Waals surface area contributed by atoms with E-state index >= 15 is 0 Å². The molecule has 2 unspecified atom stereocenters. The van der Waals surface area contributed by atoms with E-state index in [4.69, 9.17) is 5.73 Å². The van der Waals surface area contributed by atoms with Crippen LogP contribution < -0.4 is 5.73 Å². The highest BCUT2D eigenvalue weighted by Crippen LogP contribution is 2.15. The van der Waals surface area contributed by atoms with Crippen molar-refractivity contribution in [3.63, 3.8) is 0 Å². The third-order valence-electron chi connectivity index (χ3n) is 2.80. The minimum atomic E-state index is 0.432. The molecule has 2 atom stereocenters. The van der Waals surface area contributed by atoms with E-state index in [0.29, 0.717) is 12.1 Å². The monoisotopic (exact) mass is 182 g/mol. The van der Waals surface area contributed by atoms with Gasteiger partial charge in [-0.05, 0) is 26.2 Å². The maximum absolute atomic E-state index is 5.90. The zero-order chi connectivity index (χ0) is 9.68. The SMILES string of the molecule is CC/C=C/CN1CCC(N)CC1C. The van der Waals surface area contributed by atoms with Gasteiger partial charge in [-0.1, -0.05) is 19.1 Å². The summed E-state index contributed by atoms with van der Waals surface area (Å²) in [6, 6.07) is 1.09. The molecular formula is C11H22N2. The third-order valence-corrected chi connectivity index (χ3v) is 2.80. The van der Waals surface area contributed by atoms with E-state index in [1.807, 2.05) is 0 Å². The normalized spacial score (nSPS) is 31.3. The maximum atomic E-state index is 5.90. The van der Waals surface area contributed by atoms with E-state index in [9.17, 15) is 0 Å². The molecule has 0 bridgehead atoms. The van der Waals surface area contributed by atoms with Crippen LogP contribution in [0.25, 0.3) is 0 Å². The first kappa shape index (κ1) is 10.7. The average molecular weight is 182 g/mol. The summed E-state index contributed by atoms with van der Waals surface area (Å²) in [5.41, 5.74) is 5.90. The van der Waals surface area contributed by atoms with Crippen LogP contribution in [-0.2, 0) is 0 Å². The van der Waals surface area contributed by atoms with E-state index < -0.39 is 0 Å². The largest absolute Gasteiger partial charge is 0.328 e. The van der Waals surface area contributed by atoms with Gasteiger partial charge in [0.25, 0.3) is 0 Å². The lowest BCUT2D eigenvalue weighted by molar-refractivity contribution is 0.164. The first-order valence-electron chi connectivity index (χ1n) is 5.38. The van der Waals surface area contributed by atoms with Crippen molar-refractivity contribution in [2.45, 2.75) is 45.2 Å². The molecule has 0 aromatic rings. The molecule has 1 aliphatic rings. The zero-order valence-corrected chi connectivity index (χ0v) is 8.87. The summed E-state index contributed by atoms with van der Waals surface area (Å²) in [6.07, 6.45) is 7.96. The van der Waals surface area contributed by atoms with Gasteiger partial charge in [-0.25, -0.2) is 0 Å². The lowest BCUT2D eigenvalue weighted by Gasteiger charge is -2.35. The van der Waals surface area contributed by atoms with Gasteiger partial charge in [-0.15, -0.1) is 0 Å². The van der Waals surface area contributed by atoms with E-state index in [0.717, 1.165) is 32.4 Å². The number of nitrogens with two attached hydrogens (primary N) is 1. The smallest absolute Gasteiger partial charge is 0.0166 e. The van der Waals surface area contributed by atoms with Crippen molar-refractivity contribution < 1.29 is 0 Å². The molecule has 0 amide bonds. The van der Waals surface area contributed by atoms with Crippen LogP contribution in [0.4, 0.5) is 0 Å². The van der Waals surface area contributed by atoms with E-state index in [-0.39, 0.29) is 0 Å². The predicted octanol–water partition coefficient (Wildman–Crippen LogP) is 1.76. The van der Waals surface area contributed by atoms with E-state index in [2.05, 4.69) is 30.9 Å². The average Bonchev–Trinajstić information content (AvgIpc) is 2.09. The second-order valence-electron chi connectivity index (χ2n) is 4.01. The highest BCUT2D eigenvalue weighted by Gasteiger charge is 2.21. The number of piperidine rings is 1. The third kappa shape index (κ3) is 3.49. The van der Waals surface area contributed by atoms with Crippen LogP contribution in [0.15, 0.2) is 12.2 Å². The van der Waals surface area contributed by atoms with Gasteiger partial charge in [0, 0.05) is 25.2 Å². The minimum absolute atomic E-state index is 0.432. The molecule has 2 nitrogen and oxygen atoms in total. The predicted molar refractivity (Wildman–Crippen MR) is 57.7 cm³/mol. The van der Waals surface area contributed by atoms with Crippen LogP contribution in [-0.4, -0.2) is 30.1 Å². The van der Waals surface area contributed by atoms with Crippen LogP contribution in [0.2, 0.25) is 0 Å². The molecule has 0 aromatic carbocycles. The van der Waals surface area contributed by atoms with Gasteiger partial charge in [-0.2, -0.15) is 0 Å². The van der Waals surface area contributed by atoms with Crippen molar-refractivity contribution in [3.8, 4) is 0 Å². The summed E-state index contributed by atoms with van der Waals surface area (Å²) in [5, 5.41) is 0. The van der Waals surface area contributed by atoms with Gasteiger partial charge in [-0.3, -0.25) is 4.90 Å². The van der Waals surface area contributed by atoms with Crippen LogP contribution in [0.1, 0.15) is 33.1 Å². The van der Waals surface area contributed by atoms with Gasteiger partial charge in [0.05, 0.1) is 0 Å². The molecule has 1 saturated heterocycles. The summed E-state index contributed by atoms with van der Waals surface area (Å²) < 4.78 is 0. The molecule has 13 heavy (non-hydrogen) atoms. The number of hydrogen-bond donors (Lipinski definition) is 1. The summed E-state index contributed by atoms with van der Waals surface area (Å²) in [6.45, 7) is 6.71. The molecule has 1 fully saturated rings. The summed E-state index contributed by atoms with van der Waals surface area (Å²) in [7, 11) is 0. The Hall–Kier alpha value is -0.340. The van der Waals surface area contributed by atoms with Crippen molar-refractivity contribution in [1.82, 2.24) is 4.90 Å². The van der Waals surface area contributed by atoms with Gasteiger partial charge in [0.15, 0.2) is 0 Å². The molecule has 0 aliphatic carbocycles. The van der Waals surface area contributed by atoms with Gasteiger partial charge in [0.2, 0.25) is 0 Å². The van der Waals surface area contributed by atoms with E-state index in [1.165, 1.54) is 0 Å². The van der Waals surface area contributed by atoms with Crippen molar-refractivity contribution in [1.29, 1.82) is 0 Å². The van der Waals surface area contributed by atoms with Gasteiger partial charge >= 0.3 is 0 Å². The topological polar surface area (TPSA) is 29.3 Å². The van der Waals surface area contributed by atoms with Crippen molar-refractivity contribution in [3.05, 3.63) is 12.2 Å². The summed E-state index contributed by atoms with van der Waals surface area (Å²) >= 11 is 0. The first-order valence-corrected chi connectivity index (χ1v) is 5.38. The minimum Gasteiger partial charge on any atom is -0.328 e. The fourth-order valence-electron chi connectivity index (χ4n) is 1.90. The standard InChI is InChI=1S/C11H22N2/c1-3-4-5-7-13-8-6-11(12)9-10(13)2/h4-5,10-11H,3,6-9,12H2,1-2H3/b5-4+. The Morgan fingerprint density at radius 2 is 2.23 bits per heavy atom. The molecular weight excluding hydrogens is 160 g/mol. The molecule has 0 aromatic heterocycles. The fraction of sp³-hybridized carbons (Fsp3) is 0.818. The van der Waals surface area contributed by atoms with Crippen LogP contribution in [0.3, 0.4) is 0 Å². The molecule has 1 rings (SSSR count). The fourth-order valence-corrected chi connectivity index (χ4v) is 1.90. The number of hydrogen-bond acceptors (Lipinski definition) is 2. The molecule has 1 aliphatic heterocycles. The number of likely N-dealkylation sites (tertiary alicyclic amines) is 1. The number of rotatable bonds is 3. The number of allylic oxidation sites excluding steroid dienone is 1. The number of nitrogens with zero attached hydrogens (tertiary/aromatic N) is 1. The van der Waals surface area contributed by atoms with E-state index in [1.54, 1.807) is 0 Å². The highest BCUT2D eigenvalue weighted by molar-refractivity contribution is 4.88. The zero-order valence-electron chi connectivity index (χ0n) is 8.87. The molecule has 0 saturated carbocycles. The lowest BCUT2D eigenvalue weighted by atomic mass is 9.99. The molecule has 0 spiro atoms. The summed E-state index contributed by atoms with van der Waals surface area (Å²) in [4.78, 5) is 2.51. The summed E-state index contributed by atoms with van der Waals surface area (Å²) in [5.74, 6) is 0. The molecule has 76 valence electrons. The van der Waals surface area contributed by atoms with Crippen molar-refractivity contribution in [2.75, 3.05) is 13.1 Å². The quantitative estimate of drug-likeness (QED) is 0.674. The molecule has 1 heterocycles. The van der Waals surface area contributed by atoms with Gasteiger partial charge in [0.1, 0.15) is 0 Å². The highest BCUT2D eigenvalue weighted by atomic mass is 15.2. The second kappa shape index (κ2) is 5.40. The molecule has 2 N–H and O–H groups in total. The van der Waals surface area contributed by atoms with Crippen LogP contribution in [0, 0.1) is 0 Å². The lowest BCUT2D eigenvalue weighted by Crippen LogP contribution is -2.45.